The number of aryl methyl sites for hydroxylation is 4. The molecular weight excluding hydrogens is 463 g/mol. The van der Waals surface area contributed by atoms with Crippen LogP contribution < -0.4 is 0 Å². The molecule has 1 heteroatoms. The molecule has 0 unspecified atom stereocenters. The van der Waals surface area contributed by atoms with Gasteiger partial charge in [0.1, 0.15) is 5.82 Å². The number of unbranched alkanes of at least 4 members (excludes halogenated alkanes) is 5. The van der Waals surface area contributed by atoms with E-state index < -0.39 is 0 Å². The van der Waals surface area contributed by atoms with Crippen molar-refractivity contribution in [1.29, 1.82) is 0 Å². The number of rotatable bonds is 12. The van der Waals surface area contributed by atoms with Crippen molar-refractivity contribution < 1.29 is 4.39 Å². The average molecular weight is 505 g/mol. The molecule has 0 aliphatic rings. The molecule has 0 fully saturated rings. The van der Waals surface area contributed by atoms with E-state index in [0.29, 0.717) is 10.9 Å². The summed E-state index contributed by atoms with van der Waals surface area (Å²) < 4.78 is 15.2. The van der Waals surface area contributed by atoms with Crippen molar-refractivity contribution in [3.05, 3.63) is 118 Å². The summed E-state index contributed by atoms with van der Waals surface area (Å²) in [5.41, 5.74) is 6.76. The van der Waals surface area contributed by atoms with Gasteiger partial charge in [-0.1, -0.05) is 118 Å². The van der Waals surface area contributed by atoms with E-state index in [1.54, 1.807) is 0 Å². The molecule has 4 aromatic rings. The van der Waals surface area contributed by atoms with Gasteiger partial charge in [-0.3, -0.25) is 0 Å². The van der Waals surface area contributed by atoms with E-state index in [4.69, 9.17) is 0 Å². The lowest BCUT2D eigenvalue weighted by atomic mass is 10.00. The second kappa shape index (κ2) is 14.5. The Hall–Kier alpha value is -3.37. The maximum atomic E-state index is 15.2. The van der Waals surface area contributed by atoms with Crippen molar-refractivity contribution in [2.45, 2.75) is 84.5 Å². The standard InChI is InChI=1S/C37H41F/c1-3-5-7-9-10-29-12-14-30(15-13-29)16-17-31-18-20-32(21-19-31)22-24-34-25-26-35-28-33(11-8-6-4-2)23-27-36(35)37(34)38/h12-15,18-21,23,25-28H,3-11,16-17H2,1-2H3. The largest absolute Gasteiger partial charge is 0.205 e. The summed E-state index contributed by atoms with van der Waals surface area (Å²) in [5.74, 6) is 5.99. The molecule has 0 N–H and O–H groups in total. The number of halogens is 1. The third kappa shape index (κ3) is 8.06. The van der Waals surface area contributed by atoms with Gasteiger partial charge in [-0.15, -0.1) is 0 Å². The monoisotopic (exact) mass is 504 g/mol. The second-order valence-corrected chi connectivity index (χ2v) is 10.5. The van der Waals surface area contributed by atoms with Crippen molar-refractivity contribution in [2.75, 3.05) is 0 Å². The first-order chi connectivity index (χ1) is 18.7. The first-order valence-electron chi connectivity index (χ1n) is 14.6. The third-order valence-corrected chi connectivity index (χ3v) is 7.43. The van der Waals surface area contributed by atoms with Crippen molar-refractivity contribution in [2.24, 2.45) is 0 Å². The normalized spacial score (nSPS) is 10.9. The van der Waals surface area contributed by atoms with Crippen LogP contribution in [0.4, 0.5) is 4.39 Å². The van der Waals surface area contributed by atoms with Crippen LogP contribution in [0.15, 0.2) is 78.9 Å². The molecule has 0 saturated carbocycles. The Labute approximate surface area is 229 Å². The minimum absolute atomic E-state index is 0.223. The van der Waals surface area contributed by atoms with E-state index in [1.165, 1.54) is 73.6 Å². The Bertz CT molecular complexity index is 1350. The van der Waals surface area contributed by atoms with Crippen molar-refractivity contribution in [3.63, 3.8) is 0 Å². The fourth-order valence-corrected chi connectivity index (χ4v) is 4.98. The van der Waals surface area contributed by atoms with Gasteiger partial charge in [0, 0.05) is 10.9 Å². The molecule has 4 rings (SSSR count). The molecule has 0 spiro atoms. The van der Waals surface area contributed by atoms with Crippen LogP contribution in [0.2, 0.25) is 0 Å². The molecule has 196 valence electrons. The smallest absolute Gasteiger partial charge is 0.146 e. The SMILES string of the molecule is CCCCCCc1ccc(CCc2ccc(C#Cc3ccc4cc(CCCCC)ccc4c3F)cc2)cc1. The fourth-order valence-electron chi connectivity index (χ4n) is 4.98. The molecule has 0 nitrogen and oxygen atoms in total. The first kappa shape index (κ1) is 27.7. The van der Waals surface area contributed by atoms with E-state index in [0.717, 1.165) is 30.2 Å². The van der Waals surface area contributed by atoms with Gasteiger partial charge in [0.2, 0.25) is 0 Å². The summed E-state index contributed by atoms with van der Waals surface area (Å²) in [6.07, 6.45) is 13.1. The molecule has 4 aromatic carbocycles. The van der Waals surface area contributed by atoms with Gasteiger partial charge in [-0.05, 0) is 84.4 Å². The van der Waals surface area contributed by atoms with Gasteiger partial charge >= 0.3 is 0 Å². The fraction of sp³-hybridized carbons (Fsp3) is 0.351. The topological polar surface area (TPSA) is 0 Å². The molecule has 0 atom stereocenters. The molecule has 0 aromatic heterocycles. The van der Waals surface area contributed by atoms with Crippen LogP contribution in [-0.2, 0) is 25.7 Å². The van der Waals surface area contributed by atoms with Crippen LogP contribution in [0.3, 0.4) is 0 Å². The number of hydrogen-bond donors (Lipinski definition) is 0. The van der Waals surface area contributed by atoms with Crippen molar-refractivity contribution >= 4 is 10.8 Å². The minimum atomic E-state index is -0.223. The zero-order chi connectivity index (χ0) is 26.6. The maximum absolute atomic E-state index is 15.2. The molecule has 38 heavy (non-hydrogen) atoms. The Balaban J connectivity index is 1.33. The summed E-state index contributed by atoms with van der Waals surface area (Å²) in [5, 5.41) is 1.60. The Morgan fingerprint density at radius 3 is 1.76 bits per heavy atom. The number of hydrogen-bond acceptors (Lipinski definition) is 0. The van der Waals surface area contributed by atoms with E-state index in [2.05, 4.69) is 74.2 Å². The highest BCUT2D eigenvalue weighted by Crippen LogP contribution is 2.23. The van der Waals surface area contributed by atoms with E-state index in [9.17, 15) is 0 Å². The molecule has 0 saturated heterocycles. The quantitative estimate of drug-likeness (QED) is 0.133. The van der Waals surface area contributed by atoms with Gasteiger partial charge < -0.3 is 0 Å². The van der Waals surface area contributed by atoms with Gasteiger partial charge in [0.05, 0.1) is 5.56 Å². The van der Waals surface area contributed by atoms with Gasteiger partial charge in [0.25, 0.3) is 0 Å². The molecule has 0 aliphatic heterocycles. The molecule has 0 bridgehead atoms. The van der Waals surface area contributed by atoms with Crippen LogP contribution >= 0.6 is 0 Å². The van der Waals surface area contributed by atoms with E-state index in [-0.39, 0.29) is 5.82 Å². The molecular formula is C37H41F. The maximum Gasteiger partial charge on any atom is 0.146 e. The summed E-state index contributed by atoms with van der Waals surface area (Å²) in [4.78, 5) is 0. The molecule has 0 aliphatic carbocycles. The van der Waals surface area contributed by atoms with E-state index in [1.807, 2.05) is 30.3 Å². The van der Waals surface area contributed by atoms with Gasteiger partial charge in [0.15, 0.2) is 0 Å². The van der Waals surface area contributed by atoms with Crippen LogP contribution in [0.1, 0.15) is 92.2 Å². The number of benzene rings is 4. The molecule has 0 heterocycles. The minimum Gasteiger partial charge on any atom is -0.205 e. The van der Waals surface area contributed by atoms with Crippen LogP contribution in [0.25, 0.3) is 10.8 Å². The number of fused-ring (bicyclic) bond motifs is 1. The lowest BCUT2D eigenvalue weighted by Gasteiger charge is -2.06. The highest BCUT2D eigenvalue weighted by atomic mass is 19.1. The Morgan fingerprint density at radius 1 is 0.526 bits per heavy atom. The predicted octanol–water partition coefficient (Wildman–Crippen LogP) is 10.0. The zero-order valence-corrected chi connectivity index (χ0v) is 23.2. The Kier molecular flexibility index (Phi) is 10.6. The lowest BCUT2D eigenvalue weighted by molar-refractivity contribution is 0.636. The van der Waals surface area contributed by atoms with Crippen LogP contribution in [0.5, 0.6) is 0 Å². The molecule has 0 amide bonds. The highest BCUT2D eigenvalue weighted by molar-refractivity contribution is 5.85. The van der Waals surface area contributed by atoms with Crippen LogP contribution in [-0.4, -0.2) is 0 Å². The highest BCUT2D eigenvalue weighted by Gasteiger charge is 2.07. The first-order valence-corrected chi connectivity index (χ1v) is 14.6. The van der Waals surface area contributed by atoms with E-state index >= 15 is 4.39 Å². The zero-order valence-electron chi connectivity index (χ0n) is 23.2. The van der Waals surface area contributed by atoms with Crippen molar-refractivity contribution in [3.8, 4) is 11.8 Å². The summed E-state index contributed by atoms with van der Waals surface area (Å²) >= 11 is 0. The Morgan fingerprint density at radius 2 is 1.08 bits per heavy atom. The lowest BCUT2D eigenvalue weighted by Crippen LogP contribution is -1.93. The second-order valence-electron chi connectivity index (χ2n) is 10.5. The van der Waals surface area contributed by atoms with Crippen molar-refractivity contribution in [1.82, 2.24) is 0 Å². The average Bonchev–Trinajstić information content (AvgIpc) is 2.95. The summed E-state index contributed by atoms with van der Waals surface area (Å²) in [6, 6.07) is 27.4. The van der Waals surface area contributed by atoms with Gasteiger partial charge in [-0.25, -0.2) is 4.39 Å². The predicted molar refractivity (Wildman–Crippen MR) is 161 cm³/mol. The molecule has 0 radical (unpaired) electrons. The van der Waals surface area contributed by atoms with Crippen LogP contribution in [0, 0.1) is 17.7 Å². The third-order valence-electron chi connectivity index (χ3n) is 7.43. The summed E-state index contributed by atoms with van der Waals surface area (Å²) in [6.45, 7) is 4.47. The summed E-state index contributed by atoms with van der Waals surface area (Å²) in [7, 11) is 0. The van der Waals surface area contributed by atoms with Gasteiger partial charge in [-0.2, -0.15) is 0 Å².